The quantitative estimate of drug-likeness (QED) is 0.754. The Morgan fingerprint density at radius 3 is 2.57 bits per heavy atom. The van der Waals surface area contributed by atoms with Gasteiger partial charge in [-0.1, -0.05) is 6.07 Å². The van der Waals surface area contributed by atoms with E-state index < -0.39 is 0 Å². The molecule has 1 aromatic heterocycles. The minimum absolute atomic E-state index is 0.573. The Balaban J connectivity index is 2.57. The van der Waals surface area contributed by atoms with Crippen molar-refractivity contribution in [1.82, 2.24) is 20.4 Å². The lowest BCUT2D eigenvalue weighted by molar-refractivity contribution is 0.863. The van der Waals surface area contributed by atoms with Crippen LogP contribution >= 0.6 is 22.6 Å². The van der Waals surface area contributed by atoms with Gasteiger partial charge in [0.25, 0.3) is 0 Å². The second kappa shape index (κ2) is 3.95. The molecule has 0 unspecified atom stereocenters. The van der Waals surface area contributed by atoms with E-state index in [1.807, 2.05) is 25.1 Å². The zero-order chi connectivity index (χ0) is 9.97. The average Bonchev–Trinajstić information content (AvgIpc) is 2.23. The number of hydrogen-bond acceptors (Lipinski definition) is 4. The molecule has 2 rings (SSSR count). The van der Waals surface area contributed by atoms with E-state index in [-0.39, 0.29) is 0 Å². The van der Waals surface area contributed by atoms with Crippen LogP contribution in [0.15, 0.2) is 24.5 Å². The third kappa shape index (κ3) is 1.87. The monoisotopic (exact) mass is 298 g/mol. The molecule has 0 N–H and O–H groups in total. The molecule has 0 aliphatic carbocycles. The van der Waals surface area contributed by atoms with Gasteiger partial charge in [-0.2, -0.15) is 0 Å². The highest BCUT2D eigenvalue weighted by Crippen LogP contribution is 2.20. The van der Waals surface area contributed by atoms with Crippen molar-refractivity contribution in [3.63, 3.8) is 0 Å². The molecular weight excluding hydrogens is 291 g/mol. The molecule has 0 aliphatic heterocycles. The Kier molecular flexibility index (Phi) is 2.67. The molecule has 1 heterocycles. The molecule has 0 spiro atoms. The summed E-state index contributed by atoms with van der Waals surface area (Å²) in [5, 5.41) is 15.3. The Morgan fingerprint density at radius 2 is 1.86 bits per heavy atom. The zero-order valence-corrected chi connectivity index (χ0v) is 9.63. The molecule has 0 amide bonds. The van der Waals surface area contributed by atoms with Gasteiger partial charge >= 0.3 is 0 Å². The van der Waals surface area contributed by atoms with Gasteiger partial charge in [-0.3, -0.25) is 0 Å². The Labute approximate surface area is 94.9 Å². The summed E-state index contributed by atoms with van der Waals surface area (Å²) in [6, 6.07) is 6.10. The highest BCUT2D eigenvalue weighted by molar-refractivity contribution is 14.1. The molecule has 0 aliphatic rings. The lowest BCUT2D eigenvalue weighted by atomic mass is 10.1. The van der Waals surface area contributed by atoms with Crippen molar-refractivity contribution in [2.75, 3.05) is 0 Å². The van der Waals surface area contributed by atoms with E-state index in [4.69, 9.17) is 0 Å². The van der Waals surface area contributed by atoms with Gasteiger partial charge in [-0.25, -0.2) is 0 Å². The summed E-state index contributed by atoms with van der Waals surface area (Å²) in [5.74, 6) is 0.573. The fourth-order valence-electron chi connectivity index (χ4n) is 1.15. The average molecular weight is 298 g/mol. The number of hydrogen-bond donors (Lipinski definition) is 0. The number of aryl methyl sites for hydroxylation is 1. The normalized spacial score (nSPS) is 10.1. The topological polar surface area (TPSA) is 51.6 Å². The van der Waals surface area contributed by atoms with E-state index in [1.165, 1.54) is 6.33 Å². The first-order valence-corrected chi connectivity index (χ1v) is 5.12. The summed E-state index contributed by atoms with van der Waals surface area (Å²) in [5.41, 5.74) is 2.11. The van der Waals surface area contributed by atoms with Crippen LogP contribution < -0.4 is 0 Å². The highest BCUT2D eigenvalue weighted by Gasteiger charge is 2.05. The Bertz CT molecular complexity index is 444. The van der Waals surface area contributed by atoms with Crippen molar-refractivity contribution in [2.24, 2.45) is 0 Å². The Morgan fingerprint density at radius 1 is 1.14 bits per heavy atom. The summed E-state index contributed by atoms with van der Waals surface area (Å²) in [6.45, 7) is 2.02. The third-order valence-corrected chi connectivity index (χ3v) is 2.52. The van der Waals surface area contributed by atoms with E-state index in [2.05, 4.69) is 43.0 Å². The predicted molar refractivity (Wildman–Crippen MR) is 60.5 cm³/mol. The van der Waals surface area contributed by atoms with Crippen molar-refractivity contribution in [2.45, 2.75) is 6.92 Å². The van der Waals surface area contributed by atoms with Gasteiger partial charge in [0.05, 0.1) is 0 Å². The minimum atomic E-state index is 0.573. The number of benzene rings is 1. The maximum absolute atomic E-state index is 3.92. The summed E-state index contributed by atoms with van der Waals surface area (Å²) < 4.78 is 1.15. The second-order valence-electron chi connectivity index (χ2n) is 2.83. The molecule has 1 aromatic carbocycles. The van der Waals surface area contributed by atoms with Crippen LogP contribution in [0.2, 0.25) is 0 Å². The first-order valence-electron chi connectivity index (χ1n) is 4.04. The molecule has 0 bridgehead atoms. The molecule has 5 heteroatoms. The maximum Gasteiger partial charge on any atom is 0.203 e. The molecular formula is C9H7IN4. The van der Waals surface area contributed by atoms with Gasteiger partial charge in [0, 0.05) is 9.13 Å². The standard InChI is InChI=1S/C9H7IN4/c1-6-2-3-7(10)4-8(6)9-13-11-5-12-14-9/h2-5H,1H3. The van der Waals surface area contributed by atoms with Crippen molar-refractivity contribution in [1.29, 1.82) is 0 Å². The molecule has 4 nitrogen and oxygen atoms in total. The molecule has 0 atom stereocenters. The first-order chi connectivity index (χ1) is 6.77. The van der Waals surface area contributed by atoms with Crippen molar-refractivity contribution >= 4 is 22.6 Å². The van der Waals surface area contributed by atoms with Crippen molar-refractivity contribution in [3.05, 3.63) is 33.7 Å². The van der Waals surface area contributed by atoms with Crippen LogP contribution in [0.5, 0.6) is 0 Å². The number of halogens is 1. The van der Waals surface area contributed by atoms with E-state index in [1.54, 1.807) is 0 Å². The molecule has 14 heavy (non-hydrogen) atoms. The third-order valence-electron chi connectivity index (χ3n) is 1.85. The molecule has 2 aromatic rings. The fourth-order valence-corrected chi connectivity index (χ4v) is 1.64. The van der Waals surface area contributed by atoms with Gasteiger partial charge in [0.15, 0.2) is 6.33 Å². The van der Waals surface area contributed by atoms with Crippen molar-refractivity contribution < 1.29 is 0 Å². The molecule has 0 saturated carbocycles. The first kappa shape index (κ1) is 9.45. The lowest BCUT2D eigenvalue weighted by Crippen LogP contribution is -1.95. The van der Waals surface area contributed by atoms with Crippen LogP contribution in [0.1, 0.15) is 5.56 Å². The highest BCUT2D eigenvalue weighted by atomic mass is 127. The smallest absolute Gasteiger partial charge is 0.135 e. The van der Waals surface area contributed by atoms with Crippen LogP contribution in [0.3, 0.4) is 0 Å². The van der Waals surface area contributed by atoms with E-state index in [9.17, 15) is 0 Å². The Hall–Kier alpha value is -1.11. The van der Waals surface area contributed by atoms with Gasteiger partial charge < -0.3 is 0 Å². The molecule has 0 saturated heterocycles. The zero-order valence-electron chi connectivity index (χ0n) is 7.48. The SMILES string of the molecule is Cc1ccc(I)cc1-c1nncnn1. The van der Waals surface area contributed by atoms with E-state index >= 15 is 0 Å². The summed E-state index contributed by atoms with van der Waals surface area (Å²) in [7, 11) is 0. The number of nitrogens with zero attached hydrogens (tertiary/aromatic N) is 4. The number of rotatable bonds is 1. The maximum atomic E-state index is 3.92. The van der Waals surface area contributed by atoms with Crippen LogP contribution in [0.25, 0.3) is 11.4 Å². The van der Waals surface area contributed by atoms with Gasteiger partial charge in [-0.05, 0) is 47.2 Å². The second-order valence-corrected chi connectivity index (χ2v) is 4.07. The lowest BCUT2D eigenvalue weighted by Gasteiger charge is -2.02. The van der Waals surface area contributed by atoms with Gasteiger partial charge in [0.2, 0.25) is 5.82 Å². The summed E-state index contributed by atoms with van der Waals surface area (Å²) in [6.07, 6.45) is 1.33. The van der Waals surface area contributed by atoms with Crippen LogP contribution in [-0.2, 0) is 0 Å². The summed E-state index contributed by atoms with van der Waals surface area (Å²) >= 11 is 2.25. The largest absolute Gasteiger partial charge is 0.203 e. The number of aromatic nitrogens is 4. The fraction of sp³-hybridized carbons (Fsp3) is 0.111. The van der Waals surface area contributed by atoms with Gasteiger partial charge in [0.1, 0.15) is 0 Å². The molecule has 70 valence electrons. The van der Waals surface area contributed by atoms with Crippen LogP contribution in [0, 0.1) is 10.5 Å². The molecule has 0 radical (unpaired) electrons. The van der Waals surface area contributed by atoms with Crippen LogP contribution in [0.4, 0.5) is 0 Å². The molecule has 0 fully saturated rings. The predicted octanol–water partition coefficient (Wildman–Crippen LogP) is 1.85. The van der Waals surface area contributed by atoms with Crippen molar-refractivity contribution in [3.8, 4) is 11.4 Å². The van der Waals surface area contributed by atoms with E-state index in [0.29, 0.717) is 5.82 Å². The van der Waals surface area contributed by atoms with E-state index in [0.717, 1.165) is 14.7 Å². The van der Waals surface area contributed by atoms with Crippen LogP contribution in [-0.4, -0.2) is 20.4 Å². The van der Waals surface area contributed by atoms with Gasteiger partial charge in [-0.15, -0.1) is 20.4 Å². The summed E-state index contributed by atoms with van der Waals surface area (Å²) in [4.78, 5) is 0. The minimum Gasteiger partial charge on any atom is -0.135 e.